The molecule has 1 amide bonds. The third-order valence-corrected chi connectivity index (χ3v) is 8.51. The molecule has 0 aliphatic heterocycles. The molecule has 1 unspecified atom stereocenters. The Kier molecular flexibility index (Phi) is 5.84. The Labute approximate surface area is 183 Å². The summed E-state index contributed by atoms with van der Waals surface area (Å²) in [5.41, 5.74) is 2.66. The van der Waals surface area contributed by atoms with Gasteiger partial charge in [0.25, 0.3) is 0 Å². The Balaban J connectivity index is 1.99. The first-order valence-electron chi connectivity index (χ1n) is 9.86. The van der Waals surface area contributed by atoms with Crippen LogP contribution in [-0.4, -0.2) is 39.6 Å². The number of benzene rings is 2. The van der Waals surface area contributed by atoms with Crippen LogP contribution in [0.15, 0.2) is 40.8 Å². The molecule has 0 spiro atoms. The van der Waals surface area contributed by atoms with Crippen molar-refractivity contribution in [2.24, 2.45) is 0 Å². The molecule has 166 valence electrons. The van der Waals surface area contributed by atoms with Crippen molar-refractivity contribution in [3.63, 3.8) is 0 Å². The Bertz CT molecular complexity index is 1180. The number of nitrogens with one attached hydrogen (secondary N) is 1. The third-order valence-electron chi connectivity index (χ3n) is 5.35. The van der Waals surface area contributed by atoms with Gasteiger partial charge in [-0.2, -0.15) is 0 Å². The molecule has 1 atom stereocenters. The molecule has 0 saturated heterocycles. The molecular weight excluding hydrogens is 518 g/mol. The van der Waals surface area contributed by atoms with Crippen LogP contribution in [0.5, 0.6) is 0 Å². The van der Waals surface area contributed by atoms with Gasteiger partial charge in [-0.05, 0) is 0 Å². The van der Waals surface area contributed by atoms with Crippen molar-refractivity contribution < 1.29 is 25.2 Å². The number of aliphatic hydroxyl groups is 1. The third kappa shape index (κ3) is 4.21. The zero-order valence-corrected chi connectivity index (χ0v) is 19.3. The van der Waals surface area contributed by atoms with Gasteiger partial charge in [-0.25, -0.2) is 0 Å². The van der Waals surface area contributed by atoms with Crippen LogP contribution in [0.3, 0.4) is 0 Å². The first-order valence-corrected chi connectivity index (χ1v) is 14.8. The molecule has 0 radical (unpaired) electrons. The summed E-state index contributed by atoms with van der Waals surface area (Å²) in [7, 11) is 1.52. The summed E-state index contributed by atoms with van der Waals surface area (Å²) in [6.45, 7) is -0.251. The van der Waals surface area contributed by atoms with E-state index >= 15 is 0 Å². The van der Waals surface area contributed by atoms with Crippen LogP contribution < -0.4 is 8.43 Å². The van der Waals surface area contributed by atoms with Gasteiger partial charge in [-0.1, -0.05) is 0 Å². The van der Waals surface area contributed by atoms with E-state index in [4.69, 9.17) is 4.42 Å². The standard InChI is InChI=1S/C22H24FIN2O5/c1-24(29,30)26(9-10-27)18-12-19-17(11-16(18)13-3-4-13)20(22(28)25-2)21(31-19)14-5-7-15(23)8-6-14/h5-8,11-13,27H,3-4,9-10H2,1-2H3,(H,25,28)(H,29,30). The van der Waals surface area contributed by atoms with Gasteiger partial charge in [-0.15, -0.1) is 0 Å². The maximum absolute atomic E-state index is 13.4. The Hall–Kier alpha value is -2.37. The molecule has 4 rings (SSSR count). The summed E-state index contributed by atoms with van der Waals surface area (Å²) in [4.78, 5) is 14.1. The molecule has 7 nitrogen and oxygen atoms in total. The average Bonchev–Trinajstić information content (AvgIpc) is 3.51. The van der Waals surface area contributed by atoms with Crippen LogP contribution in [0.1, 0.15) is 34.7 Å². The minimum absolute atomic E-state index is 0.0200. The van der Waals surface area contributed by atoms with Crippen molar-refractivity contribution >= 4 is 41.7 Å². The number of fused-ring (bicyclic) bond motifs is 1. The van der Waals surface area contributed by atoms with Gasteiger partial charge < -0.3 is 0 Å². The predicted molar refractivity (Wildman–Crippen MR) is 124 cm³/mol. The summed E-state index contributed by atoms with van der Waals surface area (Å²) in [6.07, 6.45) is 1.88. The van der Waals surface area contributed by atoms with Crippen molar-refractivity contribution in [2.45, 2.75) is 18.8 Å². The van der Waals surface area contributed by atoms with E-state index < -0.39 is 24.9 Å². The second kappa shape index (κ2) is 8.29. The van der Waals surface area contributed by atoms with Gasteiger partial charge in [-0.3, -0.25) is 0 Å². The fourth-order valence-corrected chi connectivity index (χ4v) is 6.26. The van der Waals surface area contributed by atoms with Gasteiger partial charge in [0.15, 0.2) is 0 Å². The van der Waals surface area contributed by atoms with Crippen molar-refractivity contribution in [3.05, 3.63) is 53.3 Å². The summed E-state index contributed by atoms with van der Waals surface area (Å²) < 4.78 is 43.8. The minimum atomic E-state index is -4.50. The van der Waals surface area contributed by atoms with Crippen LogP contribution in [0.2, 0.25) is 0 Å². The molecule has 1 aliphatic rings. The van der Waals surface area contributed by atoms with Crippen LogP contribution >= 0.6 is 19.1 Å². The molecule has 1 heterocycles. The normalized spacial score (nSPS) is 16.7. The molecule has 0 bridgehead atoms. The molecule has 31 heavy (non-hydrogen) atoms. The van der Waals surface area contributed by atoms with E-state index in [-0.39, 0.29) is 25.0 Å². The molecule has 1 aliphatic carbocycles. The Morgan fingerprint density at radius 3 is 2.52 bits per heavy atom. The second-order valence-electron chi connectivity index (χ2n) is 7.59. The van der Waals surface area contributed by atoms with Gasteiger partial charge in [0, 0.05) is 0 Å². The van der Waals surface area contributed by atoms with Gasteiger partial charge in [0.1, 0.15) is 0 Å². The van der Waals surface area contributed by atoms with E-state index in [2.05, 4.69) is 5.32 Å². The van der Waals surface area contributed by atoms with Gasteiger partial charge >= 0.3 is 184 Å². The monoisotopic (exact) mass is 542 g/mol. The van der Waals surface area contributed by atoms with Crippen LogP contribution in [0, 0.1) is 5.82 Å². The molecule has 1 fully saturated rings. The fraction of sp³-hybridized carbons (Fsp3) is 0.318. The van der Waals surface area contributed by atoms with E-state index in [0.29, 0.717) is 33.5 Å². The quantitative estimate of drug-likeness (QED) is 0.236. The Morgan fingerprint density at radius 2 is 1.97 bits per heavy atom. The van der Waals surface area contributed by atoms with Crippen LogP contribution in [0.25, 0.3) is 22.3 Å². The van der Waals surface area contributed by atoms with Crippen molar-refractivity contribution in [3.8, 4) is 11.3 Å². The SMILES string of the molecule is CNC(=O)c1c(-c2ccc(F)cc2)oc2cc(N(CCO)I(C)(=O)O)c(C3CC3)cc12. The number of halogens is 2. The average molecular weight is 542 g/mol. The number of alkyl halides is 1. The first kappa shape index (κ1) is 21.8. The molecule has 2 aromatic carbocycles. The van der Waals surface area contributed by atoms with E-state index in [0.717, 1.165) is 18.4 Å². The summed E-state index contributed by atoms with van der Waals surface area (Å²) in [6, 6.07) is 9.19. The Morgan fingerprint density at radius 1 is 1.29 bits per heavy atom. The second-order valence-corrected chi connectivity index (χ2v) is 12.8. The van der Waals surface area contributed by atoms with Crippen LogP contribution in [0.4, 0.5) is 10.1 Å². The zero-order valence-electron chi connectivity index (χ0n) is 17.2. The van der Waals surface area contributed by atoms with Gasteiger partial charge in [0.05, 0.1) is 0 Å². The number of amides is 1. The van der Waals surface area contributed by atoms with Crippen molar-refractivity contribution in [2.75, 3.05) is 28.2 Å². The number of rotatable bonds is 7. The maximum atomic E-state index is 13.4. The predicted octanol–water partition coefficient (Wildman–Crippen LogP) is 4.11. The number of hydrogen-bond donors (Lipinski definition) is 3. The molecule has 9 heteroatoms. The zero-order chi connectivity index (χ0) is 22.3. The van der Waals surface area contributed by atoms with Crippen LogP contribution in [-0.2, 0) is 3.07 Å². The number of carbonyl (C=O) groups is 1. The summed E-state index contributed by atoms with van der Waals surface area (Å²) in [5.74, 6) is -0.223. The molecule has 1 aromatic heterocycles. The summed E-state index contributed by atoms with van der Waals surface area (Å²) >= 11 is -4.50. The first-order chi connectivity index (χ1) is 14.7. The van der Waals surface area contributed by atoms with Crippen molar-refractivity contribution in [1.29, 1.82) is 0 Å². The number of carbonyl (C=O) groups excluding carboxylic acids is 1. The number of furan rings is 1. The molecule has 1 saturated carbocycles. The number of aliphatic hydroxyl groups excluding tert-OH is 1. The van der Waals surface area contributed by atoms with E-state index in [1.807, 2.05) is 6.07 Å². The molecule has 3 aromatic rings. The van der Waals surface area contributed by atoms with Crippen molar-refractivity contribution in [1.82, 2.24) is 5.32 Å². The number of hydrogen-bond acceptors (Lipinski definition) is 4. The topological polar surface area (TPSA) is 103 Å². The number of anilines is 1. The van der Waals surface area contributed by atoms with Gasteiger partial charge in [0.2, 0.25) is 0 Å². The van der Waals surface area contributed by atoms with E-state index in [9.17, 15) is 20.8 Å². The fourth-order valence-electron chi connectivity index (χ4n) is 3.77. The number of nitrogens with zero attached hydrogens (tertiary/aromatic N) is 1. The summed E-state index contributed by atoms with van der Waals surface area (Å²) in [5, 5.41) is 12.7. The molecular formula is C22H24FIN2O5. The van der Waals surface area contributed by atoms with E-state index in [1.54, 1.807) is 6.07 Å². The molecule has 3 N–H and O–H groups in total. The van der Waals surface area contributed by atoms with E-state index in [1.165, 1.54) is 39.4 Å².